The van der Waals surface area contributed by atoms with Gasteiger partial charge in [0.1, 0.15) is 0 Å². The first-order valence-corrected chi connectivity index (χ1v) is 6.18. The van der Waals surface area contributed by atoms with Gasteiger partial charge in [0.15, 0.2) is 3.79 Å². The summed E-state index contributed by atoms with van der Waals surface area (Å²) in [5.74, 6) is 0.166. The largest absolute Gasteiger partial charge is 0.193 e. The average molecular weight is 246 g/mol. The normalized spacial score (nSPS) is 14.5. The minimum atomic E-state index is -1.08. The fraction of sp³-hybridized carbons (Fsp3) is 1.00. The van der Waals surface area contributed by atoms with Gasteiger partial charge in [-0.05, 0) is 6.42 Å². The molecule has 0 bridgehead atoms. The van der Waals surface area contributed by atoms with Crippen molar-refractivity contribution >= 4 is 34.8 Å². The van der Waals surface area contributed by atoms with Crippen LogP contribution in [0.4, 0.5) is 0 Å². The smallest absolute Gasteiger partial charge is 0.0834 e. The van der Waals surface area contributed by atoms with Gasteiger partial charge in [0.05, 0.1) is 0 Å². The van der Waals surface area contributed by atoms with Crippen LogP contribution in [0.1, 0.15) is 52.4 Å². The molecule has 3 heteroatoms. The van der Waals surface area contributed by atoms with Gasteiger partial charge in [-0.15, -0.1) is 0 Å². The molecule has 0 spiro atoms. The van der Waals surface area contributed by atoms with Crippen LogP contribution in [-0.2, 0) is 0 Å². The van der Waals surface area contributed by atoms with Crippen molar-refractivity contribution in [3.63, 3.8) is 0 Å². The summed E-state index contributed by atoms with van der Waals surface area (Å²) in [5, 5.41) is 0. The monoisotopic (exact) mass is 244 g/mol. The first-order valence-electron chi connectivity index (χ1n) is 5.05. The van der Waals surface area contributed by atoms with Gasteiger partial charge in [-0.2, -0.15) is 0 Å². The average Bonchev–Trinajstić information content (AvgIpc) is 2.02. The third kappa shape index (κ3) is 7.90. The van der Waals surface area contributed by atoms with Crippen LogP contribution in [0.15, 0.2) is 0 Å². The van der Waals surface area contributed by atoms with Crippen molar-refractivity contribution in [1.82, 2.24) is 0 Å². The van der Waals surface area contributed by atoms with E-state index in [0.29, 0.717) is 0 Å². The van der Waals surface area contributed by atoms with Crippen molar-refractivity contribution in [2.75, 3.05) is 0 Å². The lowest BCUT2D eigenvalue weighted by Gasteiger charge is -2.19. The molecule has 0 saturated heterocycles. The zero-order valence-electron chi connectivity index (χ0n) is 8.45. The van der Waals surface area contributed by atoms with E-state index in [9.17, 15) is 0 Å². The summed E-state index contributed by atoms with van der Waals surface area (Å²) in [6, 6.07) is 0. The number of alkyl halides is 3. The maximum atomic E-state index is 5.75. The highest BCUT2D eigenvalue weighted by atomic mass is 35.6. The number of hydrogen-bond donors (Lipinski definition) is 0. The van der Waals surface area contributed by atoms with Gasteiger partial charge in [0, 0.05) is 5.92 Å². The van der Waals surface area contributed by atoms with Gasteiger partial charge in [-0.25, -0.2) is 0 Å². The van der Waals surface area contributed by atoms with Gasteiger partial charge in [0.2, 0.25) is 0 Å². The van der Waals surface area contributed by atoms with Crippen molar-refractivity contribution < 1.29 is 0 Å². The Bertz CT molecular complexity index is 118. The molecule has 13 heavy (non-hydrogen) atoms. The Hall–Kier alpha value is 0.870. The zero-order valence-corrected chi connectivity index (χ0v) is 10.7. The second-order valence-electron chi connectivity index (χ2n) is 3.65. The van der Waals surface area contributed by atoms with Gasteiger partial charge in [-0.3, -0.25) is 0 Å². The number of unbranched alkanes of at least 4 members (excludes halogenated alkanes) is 4. The molecule has 0 heterocycles. The molecule has 0 saturated carbocycles. The first-order chi connectivity index (χ1) is 5.98. The molecular formula is C10H19Cl3. The van der Waals surface area contributed by atoms with E-state index in [1.54, 1.807) is 0 Å². The van der Waals surface area contributed by atoms with Crippen LogP contribution < -0.4 is 0 Å². The SMILES string of the molecule is CCCCCCCC(C)C(Cl)(Cl)Cl. The highest BCUT2D eigenvalue weighted by Crippen LogP contribution is 2.37. The van der Waals surface area contributed by atoms with E-state index in [0.717, 1.165) is 6.42 Å². The van der Waals surface area contributed by atoms with Crippen molar-refractivity contribution in [2.45, 2.75) is 56.2 Å². The van der Waals surface area contributed by atoms with E-state index in [2.05, 4.69) is 6.92 Å². The molecule has 1 atom stereocenters. The molecule has 0 nitrogen and oxygen atoms in total. The summed E-state index contributed by atoms with van der Waals surface area (Å²) < 4.78 is -1.08. The van der Waals surface area contributed by atoms with Crippen LogP contribution in [-0.4, -0.2) is 3.79 Å². The maximum absolute atomic E-state index is 5.75. The molecule has 0 amide bonds. The molecule has 0 aromatic heterocycles. The lowest BCUT2D eigenvalue weighted by molar-refractivity contribution is 0.492. The van der Waals surface area contributed by atoms with Gasteiger partial charge in [-0.1, -0.05) is 80.8 Å². The summed E-state index contributed by atoms with van der Waals surface area (Å²) in [4.78, 5) is 0. The Morgan fingerprint density at radius 2 is 1.54 bits per heavy atom. The molecule has 0 radical (unpaired) electrons. The van der Waals surface area contributed by atoms with E-state index in [1.165, 1.54) is 32.1 Å². The predicted molar refractivity (Wildman–Crippen MR) is 62.8 cm³/mol. The van der Waals surface area contributed by atoms with Crippen LogP contribution in [0.5, 0.6) is 0 Å². The fourth-order valence-corrected chi connectivity index (χ4v) is 1.55. The number of hydrogen-bond acceptors (Lipinski definition) is 0. The summed E-state index contributed by atoms with van der Waals surface area (Å²) in [7, 11) is 0. The Morgan fingerprint density at radius 1 is 1.00 bits per heavy atom. The van der Waals surface area contributed by atoms with E-state index in [-0.39, 0.29) is 5.92 Å². The molecule has 0 aliphatic carbocycles. The quantitative estimate of drug-likeness (QED) is 0.437. The highest BCUT2D eigenvalue weighted by molar-refractivity contribution is 6.67. The Morgan fingerprint density at radius 3 is 2.00 bits per heavy atom. The Balaban J connectivity index is 3.32. The van der Waals surface area contributed by atoms with Crippen molar-refractivity contribution in [1.29, 1.82) is 0 Å². The first kappa shape index (κ1) is 13.9. The molecule has 1 unspecified atom stereocenters. The molecule has 0 fully saturated rings. The summed E-state index contributed by atoms with van der Waals surface area (Å²) >= 11 is 17.3. The predicted octanol–water partition coefficient (Wildman–Crippen LogP) is 5.35. The maximum Gasteiger partial charge on any atom is 0.193 e. The minimum Gasteiger partial charge on any atom is -0.0834 e. The highest BCUT2D eigenvalue weighted by Gasteiger charge is 2.27. The molecule has 80 valence electrons. The molecule has 0 rings (SSSR count). The Kier molecular flexibility index (Phi) is 7.68. The van der Waals surface area contributed by atoms with E-state index < -0.39 is 3.79 Å². The summed E-state index contributed by atoms with van der Waals surface area (Å²) in [5.41, 5.74) is 0. The van der Waals surface area contributed by atoms with Gasteiger partial charge >= 0.3 is 0 Å². The van der Waals surface area contributed by atoms with E-state index >= 15 is 0 Å². The standard InChI is InChI=1S/C10H19Cl3/c1-3-4-5-6-7-8-9(2)10(11,12)13/h9H,3-8H2,1-2H3. The lowest BCUT2D eigenvalue weighted by atomic mass is 10.0. The number of halogens is 3. The zero-order chi connectivity index (χ0) is 10.3. The van der Waals surface area contributed by atoms with Crippen LogP contribution in [0, 0.1) is 5.92 Å². The molecule has 0 aliphatic heterocycles. The minimum absolute atomic E-state index is 0.166. The van der Waals surface area contributed by atoms with Crippen molar-refractivity contribution in [2.24, 2.45) is 5.92 Å². The van der Waals surface area contributed by atoms with Crippen molar-refractivity contribution in [3.8, 4) is 0 Å². The molecule has 0 aromatic carbocycles. The molecular weight excluding hydrogens is 226 g/mol. The van der Waals surface area contributed by atoms with Crippen LogP contribution in [0.25, 0.3) is 0 Å². The van der Waals surface area contributed by atoms with Gasteiger partial charge in [0.25, 0.3) is 0 Å². The van der Waals surface area contributed by atoms with E-state index in [4.69, 9.17) is 34.8 Å². The van der Waals surface area contributed by atoms with Gasteiger partial charge < -0.3 is 0 Å². The third-order valence-corrected chi connectivity index (χ3v) is 3.42. The molecule has 0 aromatic rings. The van der Waals surface area contributed by atoms with Crippen molar-refractivity contribution in [3.05, 3.63) is 0 Å². The Labute approximate surface area is 96.9 Å². The third-order valence-electron chi connectivity index (χ3n) is 2.30. The van der Waals surface area contributed by atoms with Crippen LogP contribution in [0.3, 0.4) is 0 Å². The summed E-state index contributed by atoms with van der Waals surface area (Å²) in [6.45, 7) is 4.21. The van der Waals surface area contributed by atoms with E-state index in [1.807, 2.05) is 6.92 Å². The molecule has 0 N–H and O–H groups in total. The molecule has 0 aliphatic rings. The van der Waals surface area contributed by atoms with Crippen LogP contribution in [0.2, 0.25) is 0 Å². The second-order valence-corrected chi connectivity index (χ2v) is 6.01. The fourth-order valence-electron chi connectivity index (χ4n) is 1.22. The topological polar surface area (TPSA) is 0 Å². The summed E-state index contributed by atoms with van der Waals surface area (Å²) in [6.07, 6.45) is 7.36. The van der Waals surface area contributed by atoms with Crippen LogP contribution >= 0.6 is 34.8 Å². The number of rotatable bonds is 6. The lowest BCUT2D eigenvalue weighted by Crippen LogP contribution is -2.15. The second kappa shape index (κ2) is 7.20.